The van der Waals surface area contributed by atoms with E-state index in [1.807, 2.05) is 0 Å². The van der Waals surface area contributed by atoms with E-state index >= 15 is 0 Å². The fourth-order valence-electron chi connectivity index (χ4n) is 1.45. The maximum Gasteiger partial charge on any atom is 0.208 e. The van der Waals surface area contributed by atoms with Crippen LogP contribution < -0.4 is 10.6 Å². The summed E-state index contributed by atoms with van der Waals surface area (Å²) >= 11 is 1.60. The molecule has 6 heteroatoms. The van der Waals surface area contributed by atoms with Gasteiger partial charge in [-0.2, -0.15) is 0 Å². The summed E-state index contributed by atoms with van der Waals surface area (Å²) in [6.45, 7) is 4.76. The van der Waals surface area contributed by atoms with Gasteiger partial charge in [0, 0.05) is 32.7 Å². The van der Waals surface area contributed by atoms with Gasteiger partial charge in [0.05, 0.1) is 0 Å². The molecule has 78 valence electrons. The van der Waals surface area contributed by atoms with E-state index in [-0.39, 0.29) is 0 Å². The van der Waals surface area contributed by atoms with Crippen LogP contribution in [0.25, 0.3) is 0 Å². The van der Waals surface area contributed by atoms with E-state index in [1.54, 1.807) is 11.3 Å². The Morgan fingerprint density at radius 1 is 1.29 bits per heavy atom. The third-order valence-electron chi connectivity index (χ3n) is 2.40. The van der Waals surface area contributed by atoms with E-state index in [0.717, 1.165) is 36.3 Å². The zero-order chi connectivity index (χ0) is 9.97. The Balaban J connectivity index is 2.01. The molecule has 5 nitrogen and oxygen atoms in total. The number of hydrogen-bond donors (Lipinski definition) is 1. The highest BCUT2D eigenvalue weighted by molar-refractivity contribution is 7.15. The summed E-state index contributed by atoms with van der Waals surface area (Å²) in [5, 5.41) is 10.1. The van der Waals surface area contributed by atoms with E-state index in [9.17, 15) is 0 Å². The van der Waals surface area contributed by atoms with Crippen molar-refractivity contribution < 1.29 is 0 Å². The topological polar surface area (TPSA) is 58.3 Å². The van der Waals surface area contributed by atoms with Gasteiger partial charge in [0.15, 0.2) is 0 Å². The molecule has 1 fully saturated rings. The van der Waals surface area contributed by atoms with Gasteiger partial charge in [-0.3, -0.25) is 0 Å². The standard InChI is InChI=1S/C8H15N5S/c1-12-2-4-13(5-3-12)8-11-10-7(6-9)14-8/h2-6,9H2,1H3. The quantitative estimate of drug-likeness (QED) is 0.734. The van der Waals surface area contributed by atoms with Crippen molar-refractivity contribution in [3.63, 3.8) is 0 Å². The lowest BCUT2D eigenvalue weighted by atomic mass is 10.3. The number of anilines is 1. The maximum absolute atomic E-state index is 5.50. The Labute approximate surface area is 87.5 Å². The first kappa shape index (κ1) is 9.82. The Morgan fingerprint density at radius 3 is 2.57 bits per heavy atom. The van der Waals surface area contributed by atoms with Gasteiger partial charge < -0.3 is 15.5 Å². The number of nitrogens with two attached hydrogens (primary N) is 1. The lowest BCUT2D eigenvalue weighted by Gasteiger charge is -2.31. The Hall–Kier alpha value is -0.720. The predicted octanol–water partition coefficient (Wildman–Crippen LogP) is -0.251. The average Bonchev–Trinajstić information content (AvgIpc) is 2.67. The summed E-state index contributed by atoms with van der Waals surface area (Å²) in [7, 11) is 2.14. The van der Waals surface area contributed by atoms with Crippen molar-refractivity contribution >= 4 is 16.5 Å². The van der Waals surface area contributed by atoms with Crippen molar-refractivity contribution in [1.82, 2.24) is 15.1 Å². The molecule has 0 aromatic carbocycles. The third-order valence-corrected chi connectivity index (χ3v) is 3.41. The molecule has 0 bridgehead atoms. The highest BCUT2D eigenvalue weighted by Crippen LogP contribution is 2.20. The molecule has 1 saturated heterocycles. The van der Waals surface area contributed by atoms with Gasteiger partial charge in [-0.25, -0.2) is 0 Å². The van der Waals surface area contributed by atoms with Gasteiger partial charge in [-0.15, -0.1) is 10.2 Å². The highest BCUT2D eigenvalue weighted by atomic mass is 32.1. The van der Waals surface area contributed by atoms with Crippen LogP contribution in [0, 0.1) is 0 Å². The fourth-order valence-corrected chi connectivity index (χ4v) is 2.22. The summed E-state index contributed by atoms with van der Waals surface area (Å²) in [4.78, 5) is 4.60. The van der Waals surface area contributed by atoms with Crippen molar-refractivity contribution in [2.24, 2.45) is 5.73 Å². The molecule has 2 N–H and O–H groups in total. The molecule has 14 heavy (non-hydrogen) atoms. The van der Waals surface area contributed by atoms with Gasteiger partial charge in [-0.05, 0) is 7.05 Å². The van der Waals surface area contributed by atoms with E-state index < -0.39 is 0 Å². The molecule has 2 heterocycles. The zero-order valence-electron chi connectivity index (χ0n) is 8.31. The van der Waals surface area contributed by atoms with E-state index in [4.69, 9.17) is 5.73 Å². The molecule has 1 aromatic heterocycles. The van der Waals surface area contributed by atoms with Crippen LogP contribution in [0.3, 0.4) is 0 Å². The van der Waals surface area contributed by atoms with Crippen LogP contribution in [0.15, 0.2) is 0 Å². The van der Waals surface area contributed by atoms with Gasteiger partial charge in [0.1, 0.15) is 5.01 Å². The van der Waals surface area contributed by atoms with Crippen LogP contribution in [0.1, 0.15) is 5.01 Å². The monoisotopic (exact) mass is 213 g/mol. The molecular weight excluding hydrogens is 198 g/mol. The molecule has 1 aliphatic rings. The summed E-state index contributed by atoms with van der Waals surface area (Å²) < 4.78 is 0. The first-order valence-electron chi connectivity index (χ1n) is 4.75. The predicted molar refractivity (Wildman–Crippen MR) is 57.5 cm³/mol. The molecule has 0 aliphatic carbocycles. The van der Waals surface area contributed by atoms with Crippen LogP contribution in [0.2, 0.25) is 0 Å². The molecular formula is C8H15N5S. The van der Waals surface area contributed by atoms with Crippen LogP contribution in [-0.2, 0) is 6.54 Å². The fraction of sp³-hybridized carbons (Fsp3) is 0.750. The molecule has 0 radical (unpaired) electrons. The van der Waals surface area contributed by atoms with Crippen LogP contribution >= 0.6 is 11.3 Å². The van der Waals surface area contributed by atoms with Gasteiger partial charge in [-0.1, -0.05) is 11.3 Å². The number of piperazine rings is 1. The van der Waals surface area contributed by atoms with Gasteiger partial charge >= 0.3 is 0 Å². The Morgan fingerprint density at radius 2 is 2.00 bits per heavy atom. The first-order valence-corrected chi connectivity index (χ1v) is 5.57. The summed E-state index contributed by atoms with van der Waals surface area (Å²) in [5.41, 5.74) is 5.50. The third kappa shape index (κ3) is 2.02. The van der Waals surface area contributed by atoms with Crippen molar-refractivity contribution in [3.8, 4) is 0 Å². The van der Waals surface area contributed by atoms with Gasteiger partial charge in [0.25, 0.3) is 0 Å². The Bertz CT molecular complexity index is 292. The van der Waals surface area contributed by atoms with Crippen molar-refractivity contribution in [3.05, 3.63) is 5.01 Å². The van der Waals surface area contributed by atoms with Crippen LogP contribution in [-0.4, -0.2) is 48.3 Å². The summed E-state index contributed by atoms with van der Waals surface area (Å²) in [5.74, 6) is 0. The van der Waals surface area contributed by atoms with Crippen molar-refractivity contribution in [2.45, 2.75) is 6.54 Å². The maximum atomic E-state index is 5.50. The zero-order valence-corrected chi connectivity index (χ0v) is 9.13. The summed E-state index contributed by atoms with van der Waals surface area (Å²) in [6.07, 6.45) is 0. The molecule has 0 saturated carbocycles. The summed E-state index contributed by atoms with van der Waals surface area (Å²) in [6, 6.07) is 0. The van der Waals surface area contributed by atoms with E-state index in [1.165, 1.54) is 0 Å². The van der Waals surface area contributed by atoms with E-state index in [2.05, 4.69) is 27.0 Å². The van der Waals surface area contributed by atoms with Crippen LogP contribution in [0.4, 0.5) is 5.13 Å². The van der Waals surface area contributed by atoms with Crippen molar-refractivity contribution in [2.75, 3.05) is 38.1 Å². The minimum Gasteiger partial charge on any atom is -0.344 e. The normalized spacial score (nSPS) is 18.9. The first-order chi connectivity index (χ1) is 6.79. The smallest absolute Gasteiger partial charge is 0.208 e. The largest absolute Gasteiger partial charge is 0.344 e. The SMILES string of the molecule is CN1CCN(c2nnc(CN)s2)CC1. The average molecular weight is 213 g/mol. The number of nitrogens with zero attached hydrogens (tertiary/aromatic N) is 4. The van der Waals surface area contributed by atoms with Gasteiger partial charge in [0.2, 0.25) is 5.13 Å². The second-order valence-corrected chi connectivity index (χ2v) is 4.51. The van der Waals surface area contributed by atoms with E-state index in [0.29, 0.717) is 6.54 Å². The lowest BCUT2D eigenvalue weighted by Crippen LogP contribution is -2.44. The molecule has 1 aromatic rings. The number of likely N-dealkylation sites (N-methyl/N-ethyl adjacent to an activating group) is 1. The number of rotatable bonds is 2. The Kier molecular flexibility index (Phi) is 2.95. The second-order valence-electron chi connectivity index (χ2n) is 3.47. The molecule has 0 spiro atoms. The molecule has 1 aliphatic heterocycles. The number of aromatic nitrogens is 2. The van der Waals surface area contributed by atoms with Crippen molar-refractivity contribution in [1.29, 1.82) is 0 Å². The second kappa shape index (κ2) is 4.20. The minimum atomic E-state index is 0.491. The number of hydrogen-bond acceptors (Lipinski definition) is 6. The highest BCUT2D eigenvalue weighted by Gasteiger charge is 2.17. The molecule has 0 unspecified atom stereocenters. The molecule has 0 atom stereocenters. The lowest BCUT2D eigenvalue weighted by molar-refractivity contribution is 0.312. The molecule has 0 amide bonds. The van der Waals surface area contributed by atoms with Crippen LogP contribution in [0.5, 0.6) is 0 Å². The minimum absolute atomic E-state index is 0.491. The molecule has 2 rings (SSSR count).